The molecule has 112 valence electrons. The van der Waals surface area contributed by atoms with E-state index in [0.29, 0.717) is 12.2 Å². The highest BCUT2D eigenvalue weighted by molar-refractivity contribution is 5.79. The van der Waals surface area contributed by atoms with Gasteiger partial charge in [-0.2, -0.15) is 0 Å². The minimum absolute atomic E-state index is 0.122. The van der Waals surface area contributed by atoms with Crippen LogP contribution in [0.3, 0.4) is 0 Å². The van der Waals surface area contributed by atoms with E-state index in [4.69, 9.17) is 9.52 Å². The summed E-state index contributed by atoms with van der Waals surface area (Å²) < 4.78 is 5.71. The maximum absolute atomic E-state index is 10.6. The SMILES string of the molecule is CC(C)(/C=C/C(=O)O)Cc1cc(C(C)(C)C)oc1CO. The second-order valence-corrected chi connectivity index (χ2v) is 6.80. The molecule has 0 saturated heterocycles. The molecule has 0 unspecified atom stereocenters. The van der Waals surface area contributed by atoms with Crippen molar-refractivity contribution in [2.75, 3.05) is 0 Å². The molecule has 1 rings (SSSR count). The predicted octanol–water partition coefficient (Wildman–Crippen LogP) is 3.28. The number of rotatable bonds is 5. The number of carbonyl (C=O) groups is 1. The first-order chi connectivity index (χ1) is 9.05. The van der Waals surface area contributed by atoms with E-state index in [2.05, 4.69) is 0 Å². The topological polar surface area (TPSA) is 70.7 Å². The first-order valence-corrected chi connectivity index (χ1v) is 6.70. The lowest BCUT2D eigenvalue weighted by Gasteiger charge is -2.19. The Bertz CT molecular complexity index is 501. The fourth-order valence-electron chi connectivity index (χ4n) is 1.97. The molecule has 0 aliphatic rings. The summed E-state index contributed by atoms with van der Waals surface area (Å²) in [6.45, 7) is 9.91. The average Bonchev–Trinajstić information content (AvgIpc) is 2.68. The molecule has 0 aromatic carbocycles. The molecule has 1 aromatic heterocycles. The molecule has 1 heterocycles. The molecule has 20 heavy (non-hydrogen) atoms. The third kappa shape index (κ3) is 4.53. The summed E-state index contributed by atoms with van der Waals surface area (Å²) in [5.41, 5.74) is 0.488. The maximum Gasteiger partial charge on any atom is 0.327 e. The van der Waals surface area contributed by atoms with Crippen molar-refractivity contribution in [2.45, 2.75) is 53.1 Å². The largest absolute Gasteiger partial charge is 0.478 e. The molecule has 0 spiro atoms. The third-order valence-corrected chi connectivity index (χ3v) is 3.10. The fraction of sp³-hybridized carbons (Fsp3) is 0.562. The van der Waals surface area contributed by atoms with E-state index in [1.165, 1.54) is 0 Å². The summed E-state index contributed by atoms with van der Waals surface area (Å²) in [6, 6.07) is 1.96. The van der Waals surface area contributed by atoms with Crippen molar-refractivity contribution < 1.29 is 19.4 Å². The van der Waals surface area contributed by atoms with Crippen LogP contribution >= 0.6 is 0 Å². The quantitative estimate of drug-likeness (QED) is 0.812. The number of aliphatic carboxylic acids is 1. The highest BCUT2D eigenvalue weighted by Gasteiger charge is 2.24. The highest BCUT2D eigenvalue weighted by atomic mass is 16.4. The van der Waals surface area contributed by atoms with E-state index in [1.54, 1.807) is 6.08 Å². The number of hydrogen-bond acceptors (Lipinski definition) is 3. The summed E-state index contributed by atoms with van der Waals surface area (Å²) in [5.74, 6) is 0.435. The van der Waals surface area contributed by atoms with E-state index in [9.17, 15) is 9.90 Å². The van der Waals surface area contributed by atoms with Gasteiger partial charge in [-0.25, -0.2) is 4.79 Å². The van der Waals surface area contributed by atoms with Gasteiger partial charge in [0.15, 0.2) is 0 Å². The van der Waals surface area contributed by atoms with E-state index in [0.717, 1.165) is 17.4 Å². The first-order valence-electron chi connectivity index (χ1n) is 6.70. The third-order valence-electron chi connectivity index (χ3n) is 3.10. The lowest BCUT2D eigenvalue weighted by Crippen LogP contribution is -2.13. The van der Waals surface area contributed by atoms with E-state index < -0.39 is 5.97 Å². The van der Waals surface area contributed by atoms with Crippen LogP contribution in [0.4, 0.5) is 0 Å². The monoisotopic (exact) mass is 280 g/mol. The van der Waals surface area contributed by atoms with Crippen molar-refractivity contribution in [3.8, 4) is 0 Å². The van der Waals surface area contributed by atoms with Crippen molar-refractivity contribution in [1.82, 2.24) is 0 Å². The molecular weight excluding hydrogens is 256 g/mol. The van der Waals surface area contributed by atoms with Gasteiger partial charge in [0.05, 0.1) is 0 Å². The molecule has 0 aliphatic heterocycles. The zero-order valence-electron chi connectivity index (χ0n) is 12.9. The Morgan fingerprint density at radius 2 is 1.90 bits per heavy atom. The molecule has 0 aliphatic carbocycles. The van der Waals surface area contributed by atoms with Crippen LogP contribution in [0.5, 0.6) is 0 Å². The van der Waals surface area contributed by atoms with Gasteiger partial charge in [0.2, 0.25) is 0 Å². The molecule has 2 N–H and O–H groups in total. The van der Waals surface area contributed by atoms with Crippen LogP contribution in [-0.4, -0.2) is 16.2 Å². The van der Waals surface area contributed by atoms with Gasteiger partial charge in [0.25, 0.3) is 0 Å². The summed E-state index contributed by atoms with van der Waals surface area (Å²) in [4.78, 5) is 10.6. The maximum atomic E-state index is 10.6. The second-order valence-electron chi connectivity index (χ2n) is 6.80. The van der Waals surface area contributed by atoms with Crippen molar-refractivity contribution in [3.05, 3.63) is 35.3 Å². The number of allylic oxidation sites excluding steroid dienone is 1. The van der Waals surface area contributed by atoms with Crippen LogP contribution in [0.15, 0.2) is 22.6 Å². The van der Waals surface area contributed by atoms with E-state index in [-0.39, 0.29) is 17.4 Å². The zero-order valence-corrected chi connectivity index (χ0v) is 12.9. The fourth-order valence-corrected chi connectivity index (χ4v) is 1.97. The number of hydrogen-bond donors (Lipinski definition) is 2. The Balaban J connectivity index is 3.02. The summed E-state index contributed by atoms with van der Waals surface area (Å²) >= 11 is 0. The van der Waals surface area contributed by atoms with Crippen molar-refractivity contribution >= 4 is 5.97 Å². The van der Waals surface area contributed by atoms with E-state index in [1.807, 2.05) is 40.7 Å². The van der Waals surface area contributed by atoms with Gasteiger partial charge in [0, 0.05) is 11.5 Å². The molecule has 0 atom stereocenters. The van der Waals surface area contributed by atoms with Gasteiger partial charge in [-0.15, -0.1) is 0 Å². The molecule has 0 amide bonds. The van der Waals surface area contributed by atoms with Crippen LogP contribution in [0.2, 0.25) is 0 Å². The van der Waals surface area contributed by atoms with Gasteiger partial charge < -0.3 is 14.6 Å². The Kier molecular flexibility index (Phi) is 4.81. The summed E-state index contributed by atoms with van der Waals surface area (Å²) in [5, 5.41) is 18.1. The zero-order chi connectivity index (χ0) is 15.6. The van der Waals surface area contributed by atoms with Crippen molar-refractivity contribution in [3.63, 3.8) is 0 Å². The summed E-state index contributed by atoms with van der Waals surface area (Å²) in [7, 11) is 0. The molecule has 4 nitrogen and oxygen atoms in total. The highest BCUT2D eigenvalue weighted by Crippen LogP contribution is 2.32. The lowest BCUT2D eigenvalue weighted by atomic mass is 9.84. The predicted molar refractivity (Wildman–Crippen MR) is 77.6 cm³/mol. The lowest BCUT2D eigenvalue weighted by molar-refractivity contribution is -0.131. The van der Waals surface area contributed by atoms with Crippen LogP contribution in [0.1, 0.15) is 51.7 Å². The Labute approximate surface area is 120 Å². The van der Waals surface area contributed by atoms with Gasteiger partial charge >= 0.3 is 5.97 Å². The van der Waals surface area contributed by atoms with Crippen LogP contribution in [0, 0.1) is 5.41 Å². The Morgan fingerprint density at radius 3 is 2.35 bits per heavy atom. The number of aliphatic hydroxyl groups is 1. The molecule has 0 saturated carbocycles. The van der Waals surface area contributed by atoms with E-state index >= 15 is 0 Å². The number of furan rings is 1. The minimum Gasteiger partial charge on any atom is -0.478 e. The average molecular weight is 280 g/mol. The first kappa shape index (κ1) is 16.5. The standard InChI is InChI=1S/C16H24O4/c1-15(2,3)13-8-11(12(10-17)20-13)9-16(4,5)7-6-14(18)19/h6-8,17H,9-10H2,1-5H3,(H,18,19)/b7-6+. The van der Waals surface area contributed by atoms with Crippen molar-refractivity contribution in [2.24, 2.45) is 5.41 Å². The molecule has 0 bridgehead atoms. The number of carboxylic acid groups (broad SMARTS) is 1. The van der Waals surface area contributed by atoms with Crippen LogP contribution in [-0.2, 0) is 23.2 Å². The van der Waals surface area contributed by atoms with Gasteiger partial charge in [0.1, 0.15) is 18.1 Å². The number of aliphatic hydroxyl groups excluding tert-OH is 1. The normalized spacial score (nSPS) is 13.1. The van der Waals surface area contributed by atoms with Crippen LogP contribution in [0.25, 0.3) is 0 Å². The Hall–Kier alpha value is -1.55. The van der Waals surface area contributed by atoms with Crippen molar-refractivity contribution in [1.29, 1.82) is 0 Å². The molecule has 0 radical (unpaired) electrons. The Morgan fingerprint density at radius 1 is 1.30 bits per heavy atom. The smallest absolute Gasteiger partial charge is 0.327 e. The second kappa shape index (κ2) is 5.83. The molecule has 1 aromatic rings. The number of carboxylic acids is 1. The van der Waals surface area contributed by atoms with Gasteiger partial charge in [-0.05, 0) is 23.5 Å². The van der Waals surface area contributed by atoms with Crippen LogP contribution < -0.4 is 0 Å². The van der Waals surface area contributed by atoms with Gasteiger partial charge in [-0.3, -0.25) is 0 Å². The van der Waals surface area contributed by atoms with Gasteiger partial charge in [-0.1, -0.05) is 40.7 Å². The summed E-state index contributed by atoms with van der Waals surface area (Å²) in [6.07, 6.45) is 3.44. The minimum atomic E-state index is -0.956. The molecular formula is C16H24O4. The molecule has 0 fully saturated rings. The molecule has 4 heteroatoms.